The molecular weight excluding hydrogens is 292 g/mol. The first-order valence-corrected chi connectivity index (χ1v) is 7.16. The molecule has 1 unspecified atom stereocenters. The zero-order valence-corrected chi connectivity index (χ0v) is 12.2. The zero-order valence-electron chi connectivity index (χ0n) is 10.7. The first-order chi connectivity index (χ1) is 8.65. The molecule has 98 valence electrons. The number of hydrogen-bond donors (Lipinski definition) is 1. The standard InChI is InChI=1S/C14H19BrN2O/c1-17(10-13-3-2-8-16-13)14(18)9-11-4-6-12(15)7-5-11/h4-7,13,16H,2-3,8-10H2,1H3. The number of nitrogens with zero attached hydrogens (tertiary/aromatic N) is 1. The van der Waals surface area contributed by atoms with E-state index in [2.05, 4.69) is 21.2 Å². The van der Waals surface area contributed by atoms with Crippen LogP contribution in [0.2, 0.25) is 0 Å². The van der Waals surface area contributed by atoms with Crippen molar-refractivity contribution >= 4 is 21.8 Å². The van der Waals surface area contributed by atoms with Gasteiger partial charge in [0, 0.05) is 24.1 Å². The molecule has 3 nitrogen and oxygen atoms in total. The second kappa shape index (κ2) is 6.34. The fourth-order valence-corrected chi connectivity index (χ4v) is 2.52. The highest BCUT2D eigenvalue weighted by Gasteiger charge is 2.18. The smallest absolute Gasteiger partial charge is 0.226 e. The minimum Gasteiger partial charge on any atom is -0.344 e. The molecule has 2 rings (SSSR count). The van der Waals surface area contributed by atoms with E-state index in [1.807, 2.05) is 36.2 Å². The van der Waals surface area contributed by atoms with Crippen LogP contribution in [0.15, 0.2) is 28.7 Å². The average Bonchev–Trinajstić information content (AvgIpc) is 2.85. The van der Waals surface area contributed by atoms with Gasteiger partial charge in [-0.25, -0.2) is 0 Å². The summed E-state index contributed by atoms with van der Waals surface area (Å²) in [6.45, 7) is 1.90. The molecule has 1 fully saturated rings. The van der Waals surface area contributed by atoms with E-state index in [0.717, 1.165) is 23.1 Å². The molecule has 0 bridgehead atoms. The maximum Gasteiger partial charge on any atom is 0.226 e. The molecule has 0 radical (unpaired) electrons. The molecule has 0 aliphatic carbocycles. The summed E-state index contributed by atoms with van der Waals surface area (Å²) in [4.78, 5) is 13.9. The molecule has 1 amide bonds. The van der Waals surface area contributed by atoms with Crippen molar-refractivity contribution < 1.29 is 4.79 Å². The SMILES string of the molecule is CN(CC1CCCN1)C(=O)Cc1ccc(Br)cc1. The molecular formula is C14H19BrN2O. The third-order valence-electron chi connectivity index (χ3n) is 3.35. The van der Waals surface area contributed by atoms with Crippen LogP contribution in [0.1, 0.15) is 18.4 Å². The number of rotatable bonds is 4. The van der Waals surface area contributed by atoms with Crippen LogP contribution in [0.25, 0.3) is 0 Å². The molecule has 0 aromatic heterocycles. The van der Waals surface area contributed by atoms with Crippen LogP contribution in [-0.2, 0) is 11.2 Å². The summed E-state index contributed by atoms with van der Waals surface area (Å²) in [7, 11) is 1.89. The normalized spacial score (nSPS) is 18.9. The summed E-state index contributed by atoms with van der Waals surface area (Å²) in [6, 6.07) is 8.40. The van der Waals surface area contributed by atoms with Crippen molar-refractivity contribution in [2.24, 2.45) is 0 Å². The molecule has 1 aromatic carbocycles. The lowest BCUT2D eigenvalue weighted by atomic mass is 10.1. The van der Waals surface area contributed by atoms with Gasteiger partial charge in [0.1, 0.15) is 0 Å². The van der Waals surface area contributed by atoms with Gasteiger partial charge >= 0.3 is 0 Å². The van der Waals surface area contributed by atoms with Gasteiger partial charge in [-0.1, -0.05) is 28.1 Å². The molecule has 0 spiro atoms. The Morgan fingerprint density at radius 3 is 2.78 bits per heavy atom. The molecule has 4 heteroatoms. The lowest BCUT2D eigenvalue weighted by molar-refractivity contribution is -0.129. The van der Waals surface area contributed by atoms with Gasteiger partial charge in [0.25, 0.3) is 0 Å². The summed E-state index contributed by atoms with van der Waals surface area (Å²) < 4.78 is 1.04. The maximum absolute atomic E-state index is 12.1. The monoisotopic (exact) mass is 310 g/mol. The van der Waals surface area contributed by atoms with E-state index in [1.54, 1.807) is 0 Å². The maximum atomic E-state index is 12.1. The lowest BCUT2D eigenvalue weighted by Crippen LogP contribution is -2.39. The van der Waals surface area contributed by atoms with E-state index < -0.39 is 0 Å². The van der Waals surface area contributed by atoms with Crippen molar-refractivity contribution in [3.8, 4) is 0 Å². The number of nitrogens with one attached hydrogen (secondary N) is 1. The second-order valence-electron chi connectivity index (χ2n) is 4.87. The lowest BCUT2D eigenvalue weighted by Gasteiger charge is -2.21. The Morgan fingerprint density at radius 2 is 2.17 bits per heavy atom. The van der Waals surface area contributed by atoms with Crippen molar-refractivity contribution in [1.82, 2.24) is 10.2 Å². The summed E-state index contributed by atoms with van der Waals surface area (Å²) in [5.74, 6) is 0.186. The Labute approximate surface area is 117 Å². The van der Waals surface area contributed by atoms with Crippen molar-refractivity contribution in [3.63, 3.8) is 0 Å². The Morgan fingerprint density at radius 1 is 1.44 bits per heavy atom. The third-order valence-corrected chi connectivity index (χ3v) is 3.88. The van der Waals surface area contributed by atoms with Crippen LogP contribution >= 0.6 is 15.9 Å². The summed E-state index contributed by atoms with van der Waals surface area (Å²) in [5, 5.41) is 3.41. The summed E-state index contributed by atoms with van der Waals surface area (Å²) >= 11 is 3.40. The Bertz CT molecular complexity index is 399. The van der Waals surface area contributed by atoms with Crippen LogP contribution in [0.4, 0.5) is 0 Å². The number of amides is 1. The summed E-state index contributed by atoms with van der Waals surface area (Å²) in [6.07, 6.45) is 2.88. The molecule has 1 saturated heterocycles. The highest BCUT2D eigenvalue weighted by molar-refractivity contribution is 9.10. The van der Waals surface area contributed by atoms with Gasteiger partial charge in [-0.05, 0) is 37.1 Å². The van der Waals surface area contributed by atoms with E-state index in [1.165, 1.54) is 12.8 Å². The van der Waals surface area contributed by atoms with Crippen molar-refractivity contribution in [2.75, 3.05) is 20.1 Å². The number of carbonyl (C=O) groups excluding carboxylic acids is 1. The number of halogens is 1. The quantitative estimate of drug-likeness (QED) is 0.924. The van der Waals surface area contributed by atoms with Gasteiger partial charge in [-0.15, -0.1) is 0 Å². The predicted molar refractivity (Wildman–Crippen MR) is 76.5 cm³/mol. The topological polar surface area (TPSA) is 32.3 Å². The molecule has 18 heavy (non-hydrogen) atoms. The van der Waals surface area contributed by atoms with Crippen LogP contribution in [0.3, 0.4) is 0 Å². The number of likely N-dealkylation sites (N-methyl/N-ethyl adjacent to an activating group) is 1. The van der Waals surface area contributed by atoms with E-state index in [0.29, 0.717) is 12.5 Å². The van der Waals surface area contributed by atoms with Gasteiger partial charge in [0.05, 0.1) is 6.42 Å². The summed E-state index contributed by atoms with van der Waals surface area (Å²) in [5.41, 5.74) is 1.06. The number of hydrogen-bond acceptors (Lipinski definition) is 2. The van der Waals surface area contributed by atoms with Crippen molar-refractivity contribution in [2.45, 2.75) is 25.3 Å². The predicted octanol–water partition coefficient (Wildman–Crippen LogP) is 2.20. The first-order valence-electron chi connectivity index (χ1n) is 6.37. The molecule has 1 N–H and O–H groups in total. The largest absolute Gasteiger partial charge is 0.344 e. The van der Waals surface area contributed by atoms with Gasteiger partial charge in [-0.3, -0.25) is 4.79 Å². The van der Waals surface area contributed by atoms with E-state index in [9.17, 15) is 4.79 Å². The molecule has 1 atom stereocenters. The number of carbonyl (C=O) groups is 1. The molecule has 1 heterocycles. The first kappa shape index (κ1) is 13.6. The van der Waals surface area contributed by atoms with Crippen LogP contribution in [0.5, 0.6) is 0 Å². The van der Waals surface area contributed by atoms with Gasteiger partial charge < -0.3 is 10.2 Å². The Hall–Kier alpha value is -0.870. The van der Waals surface area contributed by atoms with Gasteiger partial charge in [-0.2, -0.15) is 0 Å². The number of benzene rings is 1. The third kappa shape index (κ3) is 3.82. The van der Waals surface area contributed by atoms with Crippen LogP contribution in [0, 0.1) is 0 Å². The van der Waals surface area contributed by atoms with Crippen LogP contribution in [-0.4, -0.2) is 37.0 Å². The van der Waals surface area contributed by atoms with Crippen LogP contribution < -0.4 is 5.32 Å². The zero-order chi connectivity index (χ0) is 13.0. The molecule has 1 aliphatic heterocycles. The van der Waals surface area contributed by atoms with E-state index >= 15 is 0 Å². The molecule has 0 saturated carbocycles. The molecule has 1 aliphatic rings. The fourth-order valence-electron chi connectivity index (χ4n) is 2.26. The van der Waals surface area contributed by atoms with Gasteiger partial charge in [0.2, 0.25) is 5.91 Å². The van der Waals surface area contributed by atoms with Crippen molar-refractivity contribution in [1.29, 1.82) is 0 Å². The Balaban J connectivity index is 1.84. The van der Waals surface area contributed by atoms with Crippen molar-refractivity contribution in [3.05, 3.63) is 34.3 Å². The van der Waals surface area contributed by atoms with E-state index in [-0.39, 0.29) is 5.91 Å². The van der Waals surface area contributed by atoms with E-state index in [4.69, 9.17) is 0 Å². The van der Waals surface area contributed by atoms with Gasteiger partial charge in [0.15, 0.2) is 0 Å². The Kier molecular flexibility index (Phi) is 4.78. The average molecular weight is 311 g/mol. The minimum atomic E-state index is 0.186. The minimum absolute atomic E-state index is 0.186. The second-order valence-corrected chi connectivity index (χ2v) is 5.79. The highest BCUT2D eigenvalue weighted by atomic mass is 79.9. The fraction of sp³-hybridized carbons (Fsp3) is 0.500. The molecule has 1 aromatic rings. The highest BCUT2D eigenvalue weighted by Crippen LogP contribution is 2.12.